The topological polar surface area (TPSA) is 73.6 Å². The normalized spacial score (nSPS) is 13.0. The number of hydrogen-bond donors (Lipinski definition) is 2. The molecule has 3 N–H and O–H groups in total. The van der Waals surface area contributed by atoms with Gasteiger partial charge in [0.05, 0.1) is 13.2 Å². The molecule has 2 rings (SSSR count). The van der Waals surface area contributed by atoms with Gasteiger partial charge in [0.2, 0.25) is 5.91 Å². The zero-order valence-electron chi connectivity index (χ0n) is 15.0. The smallest absolute Gasteiger partial charge is 0.224 e. The van der Waals surface area contributed by atoms with E-state index in [2.05, 4.69) is 5.32 Å². The Hall–Kier alpha value is -2.53. The number of benzene rings is 2. The van der Waals surface area contributed by atoms with Gasteiger partial charge in [-0.1, -0.05) is 43.3 Å². The summed E-state index contributed by atoms with van der Waals surface area (Å²) in [4.78, 5) is 12.0. The number of methoxy groups -OCH3 is 1. The molecule has 2 aromatic carbocycles. The lowest BCUT2D eigenvalue weighted by Gasteiger charge is -2.19. The molecule has 0 radical (unpaired) electrons. The molecule has 0 heterocycles. The summed E-state index contributed by atoms with van der Waals surface area (Å²) in [5.74, 6) is 1.04. The Bertz CT molecular complexity index is 689. The second-order valence-electron chi connectivity index (χ2n) is 6.05. The molecule has 0 saturated carbocycles. The van der Waals surface area contributed by atoms with Crippen LogP contribution in [0.25, 0.3) is 0 Å². The Morgan fingerprint density at radius 1 is 1.12 bits per heavy atom. The predicted molar refractivity (Wildman–Crippen MR) is 98.5 cm³/mol. The van der Waals surface area contributed by atoms with Gasteiger partial charge in [0.25, 0.3) is 0 Å². The van der Waals surface area contributed by atoms with Crippen molar-refractivity contribution < 1.29 is 14.3 Å². The molecule has 0 aliphatic rings. The van der Waals surface area contributed by atoms with Gasteiger partial charge in [-0.3, -0.25) is 4.79 Å². The fourth-order valence-electron chi connectivity index (χ4n) is 2.35. The van der Waals surface area contributed by atoms with Gasteiger partial charge in [-0.25, -0.2) is 0 Å². The number of nitrogens with two attached hydrogens (primary N) is 1. The zero-order valence-corrected chi connectivity index (χ0v) is 15.0. The highest BCUT2D eigenvalue weighted by atomic mass is 16.5. The van der Waals surface area contributed by atoms with Crippen molar-refractivity contribution in [1.29, 1.82) is 0 Å². The van der Waals surface area contributed by atoms with Crippen LogP contribution in [-0.4, -0.2) is 19.6 Å². The molecule has 1 amide bonds. The maximum atomic E-state index is 12.0. The number of carbonyl (C=O) groups excluding carboxylic acids is 1. The highest BCUT2D eigenvalue weighted by molar-refractivity contribution is 5.79. The standard InChI is InChI=1S/C20H26N2O3/c1-14(12-21)20(23)22-15(2)17-9-10-18(19(11-17)24-3)25-13-16-7-5-4-6-8-16/h4-11,14-15H,12-13,21H2,1-3H3,(H,22,23). The first-order valence-corrected chi connectivity index (χ1v) is 8.40. The molecular formula is C20H26N2O3. The molecule has 2 aromatic rings. The molecule has 5 heteroatoms. The Morgan fingerprint density at radius 3 is 2.48 bits per heavy atom. The average molecular weight is 342 g/mol. The lowest BCUT2D eigenvalue weighted by Crippen LogP contribution is -2.34. The van der Waals surface area contributed by atoms with Gasteiger partial charge in [-0.15, -0.1) is 0 Å². The van der Waals surface area contributed by atoms with Crippen LogP contribution < -0.4 is 20.5 Å². The van der Waals surface area contributed by atoms with E-state index in [0.29, 0.717) is 24.7 Å². The molecule has 0 aromatic heterocycles. The van der Waals surface area contributed by atoms with Crippen LogP contribution in [0, 0.1) is 5.92 Å². The van der Waals surface area contributed by atoms with Gasteiger partial charge >= 0.3 is 0 Å². The van der Waals surface area contributed by atoms with E-state index < -0.39 is 0 Å². The summed E-state index contributed by atoms with van der Waals surface area (Å²) >= 11 is 0. The van der Waals surface area contributed by atoms with Crippen LogP contribution in [0.1, 0.15) is 31.0 Å². The van der Waals surface area contributed by atoms with E-state index in [1.54, 1.807) is 7.11 Å². The van der Waals surface area contributed by atoms with Crippen LogP contribution in [0.15, 0.2) is 48.5 Å². The summed E-state index contributed by atoms with van der Waals surface area (Å²) in [5, 5.41) is 2.96. The Balaban J connectivity index is 2.06. The third kappa shape index (κ3) is 5.22. The SMILES string of the molecule is COc1cc(C(C)NC(=O)C(C)CN)ccc1OCc1ccccc1. The lowest BCUT2D eigenvalue weighted by molar-refractivity contribution is -0.124. The second-order valence-corrected chi connectivity index (χ2v) is 6.05. The van der Waals surface area contributed by atoms with Crippen LogP contribution in [0.3, 0.4) is 0 Å². The fourth-order valence-corrected chi connectivity index (χ4v) is 2.35. The van der Waals surface area contributed by atoms with Crippen molar-refractivity contribution >= 4 is 5.91 Å². The van der Waals surface area contributed by atoms with Crippen molar-refractivity contribution in [1.82, 2.24) is 5.32 Å². The van der Waals surface area contributed by atoms with Crippen molar-refractivity contribution in [3.8, 4) is 11.5 Å². The minimum absolute atomic E-state index is 0.0571. The van der Waals surface area contributed by atoms with Crippen LogP contribution in [-0.2, 0) is 11.4 Å². The molecule has 25 heavy (non-hydrogen) atoms. The van der Waals surface area contributed by atoms with Gasteiger partial charge in [-0.05, 0) is 30.2 Å². The minimum Gasteiger partial charge on any atom is -0.493 e. The molecule has 0 aliphatic carbocycles. The molecule has 0 saturated heterocycles. The largest absolute Gasteiger partial charge is 0.493 e. The third-order valence-electron chi connectivity index (χ3n) is 4.08. The van der Waals surface area contributed by atoms with Crippen LogP contribution in [0.5, 0.6) is 11.5 Å². The van der Waals surface area contributed by atoms with Crippen molar-refractivity contribution in [3.63, 3.8) is 0 Å². The number of ether oxygens (including phenoxy) is 2. The zero-order chi connectivity index (χ0) is 18.2. The number of nitrogens with one attached hydrogen (secondary N) is 1. The van der Waals surface area contributed by atoms with Gasteiger partial charge in [0.1, 0.15) is 6.61 Å². The first kappa shape index (κ1) is 18.8. The van der Waals surface area contributed by atoms with E-state index >= 15 is 0 Å². The van der Waals surface area contributed by atoms with Gasteiger partial charge in [-0.2, -0.15) is 0 Å². The molecule has 0 aliphatic heterocycles. The van der Waals surface area contributed by atoms with Crippen molar-refractivity contribution in [2.45, 2.75) is 26.5 Å². The molecular weight excluding hydrogens is 316 g/mol. The summed E-state index contributed by atoms with van der Waals surface area (Å²) in [6.07, 6.45) is 0. The summed E-state index contributed by atoms with van der Waals surface area (Å²) < 4.78 is 11.3. The number of amides is 1. The molecule has 0 fully saturated rings. The average Bonchev–Trinajstić information content (AvgIpc) is 2.66. The van der Waals surface area contributed by atoms with E-state index in [1.807, 2.05) is 62.4 Å². The lowest BCUT2D eigenvalue weighted by atomic mass is 10.1. The highest BCUT2D eigenvalue weighted by Gasteiger charge is 2.16. The monoisotopic (exact) mass is 342 g/mol. The summed E-state index contributed by atoms with van der Waals surface area (Å²) in [6.45, 7) is 4.54. The summed E-state index contributed by atoms with van der Waals surface area (Å²) in [6, 6.07) is 15.5. The van der Waals surface area contributed by atoms with E-state index in [-0.39, 0.29) is 17.9 Å². The number of rotatable bonds is 8. The summed E-state index contributed by atoms with van der Waals surface area (Å²) in [5.41, 5.74) is 7.57. The van der Waals surface area contributed by atoms with E-state index in [9.17, 15) is 4.79 Å². The molecule has 0 bridgehead atoms. The Morgan fingerprint density at radius 2 is 1.84 bits per heavy atom. The quantitative estimate of drug-likeness (QED) is 0.773. The molecule has 2 atom stereocenters. The van der Waals surface area contributed by atoms with Crippen molar-refractivity contribution in [2.75, 3.05) is 13.7 Å². The van der Waals surface area contributed by atoms with Crippen LogP contribution >= 0.6 is 0 Å². The predicted octanol–water partition coefficient (Wildman–Crippen LogP) is 3.05. The molecule has 0 spiro atoms. The second kappa shape index (κ2) is 9.08. The van der Waals surface area contributed by atoms with Crippen molar-refractivity contribution in [2.24, 2.45) is 11.7 Å². The number of carbonyl (C=O) groups is 1. The third-order valence-corrected chi connectivity index (χ3v) is 4.08. The van der Waals surface area contributed by atoms with Crippen LogP contribution in [0.2, 0.25) is 0 Å². The van der Waals surface area contributed by atoms with E-state index in [0.717, 1.165) is 11.1 Å². The fraction of sp³-hybridized carbons (Fsp3) is 0.350. The first-order valence-electron chi connectivity index (χ1n) is 8.40. The molecule has 134 valence electrons. The van der Waals surface area contributed by atoms with Crippen molar-refractivity contribution in [3.05, 3.63) is 59.7 Å². The maximum absolute atomic E-state index is 12.0. The summed E-state index contributed by atoms with van der Waals surface area (Å²) in [7, 11) is 1.61. The maximum Gasteiger partial charge on any atom is 0.224 e. The first-order chi connectivity index (χ1) is 12.0. The van der Waals surface area contributed by atoms with Gasteiger partial charge in [0.15, 0.2) is 11.5 Å². The minimum atomic E-state index is -0.210. The highest BCUT2D eigenvalue weighted by Crippen LogP contribution is 2.31. The number of hydrogen-bond acceptors (Lipinski definition) is 4. The molecule has 2 unspecified atom stereocenters. The van der Waals surface area contributed by atoms with E-state index in [1.165, 1.54) is 0 Å². The Labute approximate surface area is 149 Å². The van der Waals surface area contributed by atoms with Crippen LogP contribution in [0.4, 0.5) is 0 Å². The van der Waals surface area contributed by atoms with Gasteiger partial charge in [0, 0.05) is 12.5 Å². The molecule has 5 nitrogen and oxygen atoms in total. The van der Waals surface area contributed by atoms with Gasteiger partial charge < -0.3 is 20.5 Å². The van der Waals surface area contributed by atoms with E-state index in [4.69, 9.17) is 15.2 Å². The Kier molecular flexibility index (Phi) is 6.83.